The maximum absolute atomic E-state index is 12.8. The lowest BCUT2D eigenvalue weighted by atomic mass is 9.86. The van der Waals surface area contributed by atoms with E-state index in [0.717, 1.165) is 12.0 Å². The third-order valence-electron chi connectivity index (χ3n) is 4.66. The number of pyridine rings is 1. The lowest BCUT2D eigenvalue weighted by Crippen LogP contribution is -2.23. The van der Waals surface area contributed by atoms with Crippen molar-refractivity contribution in [1.82, 2.24) is 9.38 Å². The summed E-state index contributed by atoms with van der Waals surface area (Å²) in [4.78, 5) is 29.4. The van der Waals surface area contributed by atoms with Gasteiger partial charge in [-0.2, -0.15) is 0 Å². The second-order valence-electron chi connectivity index (χ2n) is 6.54. The molecule has 2 heterocycles. The Kier molecular flexibility index (Phi) is 5.91. The average Bonchev–Trinajstić information content (AvgIpc) is 2.68. The van der Waals surface area contributed by atoms with Crippen LogP contribution in [0.15, 0.2) is 59.5 Å². The quantitative estimate of drug-likeness (QED) is 0.597. The van der Waals surface area contributed by atoms with Crippen molar-refractivity contribution in [3.8, 4) is 0 Å². The minimum atomic E-state index is -0.350. The van der Waals surface area contributed by atoms with Crippen LogP contribution < -0.4 is 5.56 Å². The van der Waals surface area contributed by atoms with Gasteiger partial charge in [-0.1, -0.05) is 62.2 Å². The molecule has 0 spiro atoms. The van der Waals surface area contributed by atoms with E-state index >= 15 is 0 Å². The topological polar surface area (TPSA) is 60.7 Å². The summed E-state index contributed by atoms with van der Waals surface area (Å²) in [7, 11) is 0. The zero-order valence-electron chi connectivity index (χ0n) is 15.3. The van der Waals surface area contributed by atoms with Crippen LogP contribution in [0, 0.1) is 5.92 Å². The predicted octanol–water partition coefficient (Wildman–Crippen LogP) is 4.22. The van der Waals surface area contributed by atoms with E-state index in [1.54, 1.807) is 12.1 Å². The van der Waals surface area contributed by atoms with E-state index in [1.807, 2.05) is 44.2 Å². The number of fused-ring (bicyclic) bond motifs is 1. The van der Waals surface area contributed by atoms with Crippen LogP contribution in [0.5, 0.6) is 0 Å². The van der Waals surface area contributed by atoms with E-state index in [4.69, 9.17) is 16.3 Å². The van der Waals surface area contributed by atoms with Crippen LogP contribution in [0.4, 0.5) is 0 Å². The molecule has 5 nitrogen and oxygen atoms in total. The number of carbonyl (C=O) groups excluding carboxylic acids is 1. The number of carbonyl (C=O) groups is 1. The first kappa shape index (κ1) is 19.1. The first-order valence-corrected chi connectivity index (χ1v) is 9.26. The molecule has 0 aliphatic heterocycles. The number of esters is 1. The molecule has 3 rings (SSSR count). The summed E-state index contributed by atoms with van der Waals surface area (Å²) in [5.41, 5.74) is 1.53. The number of benzene rings is 1. The highest BCUT2D eigenvalue weighted by molar-refractivity contribution is 6.30. The number of ether oxygens (including phenoxy) is 1. The molecule has 0 aliphatic rings. The summed E-state index contributed by atoms with van der Waals surface area (Å²) in [6, 6.07) is 14.3. The molecular weight excluding hydrogens is 364 g/mol. The molecule has 0 radical (unpaired) electrons. The van der Waals surface area contributed by atoms with Crippen molar-refractivity contribution in [1.29, 1.82) is 0 Å². The van der Waals surface area contributed by atoms with Crippen molar-refractivity contribution in [2.24, 2.45) is 5.92 Å². The Morgan fingerprint density at radius 3 is 2.67 bits per heavy atom. The molecule has 0 aliphatic carbocycles. The number of aromatic nitrogens is 2. The van der Waals surface area contributed by atoms with Gasteiger partial charge in [0.1, 0.15) is 12.3 Å². The van der Waals surface area contributed by atoms with Crippen LogP contribution in [0.2, 0.25) is 5.02 Å². The van der Waals surface area contributed by atoms with Gasteiger partial charge in [-0.15, -0.1) is 0 Å². The molecule has 3 aromatic rings. The van der Waals surface area contributed by atoms with Crippen molar-refractivity contribution >= 4 is 23.2 Å². The van der Waals surface area contributed by atoms with E-state index in [-0.39, 0.29) is 30.0 Å². The number of hydrogen-bond acceptors (Lipinski definition) is 4. The summed E-state index contributed by atoms with van der Waals surface area (Å²) in [5.74, 6) is -0.526. The van der Waals surface area contributed by atoms with Gasteiger partial charge in [0.05, 0.1) is 16.6 Å². The molecule has 0 unspecified atom stereocenters. The van der Waals surface area contributed by atoms with Crippen molar-refractivity contribution in [3.63, 3.8) is 0 Å². The third-order valence-corrected chi connectivity index (χ3v) is 4.89. The molecule has 1 aromatic carbocycles. The Hall–Kier alpha value is -2.66. The molecule has 0 saturated carbocycles. The zero-order chi connectivity index (χ0) is 19.4. The van der Waals surface area contributed by atoms with Gasteiger partial charge in [0, 0.05) is 12.3 Å². The molecule has 2 aromatic heterocycles. The second kappa shape index (κ2) is 8.35. The first-order valence-electron chi connectivity index (χ1n) is 8.89. The highest BCUT2D eigenvalue weighted by Gasteiger charge is 2.27. The van der Waals surface area contributed by atoms with E-state index in [1.165, 1.54) is 16.7 Å². The highest BCUT2D eigenvalue weighted by Crippen LogP contribution is 2.28. The Labute approximate surface area is 162 Å². The molecule has 0 saturated heterocycles. The van der Waals surface area contributed by atoms with E-state index in [9.17, 15) is 9.59 Å². The lowest BCUT2D eigenvalue weighted by molar-refractivity contribution is -0.148. The monoisotopic (exact) mass is 384 g/mol. The van der Waals surface area contributed by atoms with Gasteiger partial charge in [-0.3, -0.25) is 14.0 Å². The fourth-order valence-corrected chi connectivity index (χ4v) is 3.19. The van der Waals surface area contributed by atoms with Gasteiger partial charge in [-0.25, -0.2) is 4.98 Å². The van der Waals surface area contributed by atoms with Gasteiger partial charge in [0.25, 0.3) is 5.56 Å². The lowest BCUT2D eigenvalue weighted by Gasteiger charge is -2.21. The van der Waals surface area contributed by atoms with Crippen molar-refractivity contribution in [3.05, 3.63) is 81.4 Å². The maximum atomic E-state index is 12.8. The van der Waals surface area contributed by atoms with E-state index in [2.05, 4.69) is 4.98 Å². The molecule has 0 fully saturated rings. The largest absolute Gasteiger partial charge is 0.459 e. The smallest absolute Gasteiger partial charge is 0.314 e. The second-order valence-corrected chi connectivity index (χ2v) is 6.98. The molecule has 0 N–H and O–H groups in total. The number of hydrogen-bond donors (Lipinski definition) is 0. The number of halogens is 1. The fraction of sp³-hybridized carbons (Fsp3) is 0.286. The minimum absolute atomic E-state index is 0.0486. The summed E-state index contributed by atoms with van der Waals surface area (Å²) in [6.45, 7) is 4.03. The number of nitrogens with zero attached hydrogens (tertiary/aromatic N) is 2. The third kappa shape index (κ3) is 4.37. The zero-order valence-corrected chi connectivity index (χ0v) is 16.0. The standard InChI is InChI=1S/C21H21ClN2O3/c1-3-14(2)20(15-7-5-4-6-8-15)21(26)27-13-17-11-19(25)24-12-16(22)9-10-18(24)23-17/h4-12,14,20H,3,13H2,1-2H3/t14-,20+/m1/s1. The SMILES string of the molecule is CC[C@@H](C)[C@H](C(=O)OCc1cc(=O)n2cc(Cl)ccc2n1)c1ccccc1. The van der Waals surface area contributed by atoms with Crippen LogP contribution >= 0.6 is 11.6 Å². The summed E-state index contributed by atoms with van der Waals surface area (Å²) < 4.78 is 6.88. The van der Waals surface area contributed by atoms with Gasteiger partial charge in [-0.05, 0) is 23.6 Å². The van der Waals surface area contributed by atoms with Crippen LogP contribution in [-0.4, -0.2) is 15.4 Å². The number of rotatable bonds is 6. The minimum Gasteiger partial charge on any atom is -0.459 e. The molecule has 0 amide bonds. The van der Waals surface area contributed by atoms with E-state index in [0.29, 0.717) is 16.4 Å². The van der Waals surface area contributed by atoms with Crippen molar-refractivity contribution in [2.45, 2.75) is 32.8 Å². The van der Waals surface area contributed by atoms with Gasteiger partial charge in [0.2, 0.25) is 0 Å². The van der Waals surface area contributed by atoms with Crippen LogP contribution in [0.1, 0.15) is 37.4 Å². The summed E-state index contributed by atoms with van der Waals surface area (Å²) in [5, 5.41) is 0.449. The predicted molar refractivity (Wildman–Crippen MR) is 105 cm³/mol. The molecular formula is C21H21ClN2O3. The average molecular weight is 385 g/mol. The maximum Gasteiger partial charge on any atom is 0.314 e. The van der Waals surface area contributed by atoms with E-state index < -0.39 is 0 Å². The van der Waals surface area contributed by atoms with Crippen LogP contribution in [-0.2, 0) is 16.1 Å². The van der Waals surface area contributed by atoms with Gasteiger partial charge < -0.3 is 4.74 Å². The molecule has 140 valence electrons. The Bertz CT molecular complexity index is 1000. The normalized spacial score (nSPS) is 13.3. The molecule has 27 heavy (non-hydrogen) atoms. The first-order chi connectivity index (χ1) is 13.0. The van der Waals surface area contributed by atoms with Gasteiger partial charge in [0.15, 0.2) is 0 Å². The molecule has 6 heteroatoms. The van der Waals surface area contributed by atoms with Crippen LogP contribution in [0.3, 0.4) is 0 Å². The molecule has 2 atom stereocenters. The highest BCUT2D eigenvalue weighted by atomic mass is 35.5. The summed E-state index contributed by atoms with van der Waals surface area (Å²) >= 11 is 5.91. The Morgan fingerprint density at radius 1 is 1.22 bits per heavy atom. The van der Waals surface area contributed by atoms with Crippen LogP contribution in [0.25, 0.3) is 5.65 Å². The van der Waals surface area contributed by atoms with Crippen molar-refractivity contribution < 1.29 is 9.53 Å². The Morgan fingerprint density at radius 2 is 1.96 bits per heavy atom. The summed E-state index contributed by atoms with van der Waals surface area (Å²) in [6.07, 6.45) is 2.36. The fourth-order valence-electron chi connectivity index (χ4n) is 3.03. The van der Waals surface area contributed by atoms with Gasteiger partial charge >= 0.3 is 5.97 Å². The molecule has 0 bridgehead atoms. The van der Waals surface area contributed by atoms with Crippen molar-refractivity contribution in [2.75, 3.05) is 0 Å². The Balaban J connectivity index is 1.80.